The van der Waals surface area contributed by atoms with Crippen LogP contribution in [0.5, 0.6) is 0 Å². The molecule has 0 spiro atoms. The van der Waals surface area contributed by atoms with Crippen molar-refractivity contribution in [3.05, 3.63) is 231 Å². The van der Waals surface area contributed by atoms with Crippen LogP contribution in [0.15, 0.2) is 231 Å². The molecule has 1 aliphatic rings. The Morgan fingerprint density at radius 1 is 0.197 bits per heavy atom. The highest BCUT2D eigenvalue weighted by Crippen LogP contribution is 2.49. The van der Waals surface area contributed by atoms with Crippen LogP contribution in [0.25, 0.3) is 143 Å². The van der Waals surface area contributed by atoms with Crippen LogP contribution in [0, 0.1) is 0 Å². The van der Waals surface area contributed by atoms with Crippen molar-refractivity contribution < 1.29 is 0 Å². The van der Waals surface area contributed by atoms with Gasteiger partial charge in [0.15, 0.2) is 0 Å². The van der Waals surface area contributed by atoms with Crippen molar-refractivity contribution in [1.29, 1.82) is 0 Å². The van der Waals surface area contributed by atoms with E-state index in [0.717, 1.165) is 5.69 Å². The van der Waals surface area contributed by atoms with Crippen LogP contribution in [-0.2, 0) is 0 Å². The fourth-order valence-electron chi connectivity index (χ4n) is 11.7. The van der Waals surface area contributed by atoms with Gasteiger partial charge in [0.05, 0.1) is 22.1 Å². The van der Waals surface area contributed by atoms with Crippen molar-refractivity contribution in [2.24, 2.45) is 0 Å². The molecule has 0 saturated heterocycles. The third kappa shape index (κ3) is 4.90. The number of rotatable bonds is 4. The summed E-state index contributed by atoms with van der Waals surface area (Å²) in [4.78, 5) is 0. The molecule has 0 saturated carbocycles. The third-order valence-corrected chi connectivity index (χ3v) is 14.6. The Balaban J connectivity index is 0.840. The van der Waals surface area contributed by atoms with E-state index in [-0.39, 0.29) is 0 Å². The van der Waals surface area contributed by atoms with Crippen LogP contribution in [-0.4, -0.2) is 9.13 Å². The summed E-state index contributed by atoms with van der Waals surface area (Å²) in [5, 5.41) is 15.4. The molecule has 0 unspecified atom stereocenters. The van der Waals surface area contributed by atoms with Gasteiger partial charge < -0.3 is 9.13 Å². The zero-order chi connectivity index (χ0) is 43.0. The van der Waals surface area contributed by atoms with Crippen molar-refractivity contribution in [1.82, 2.24) is 9.13 Å². The largest absolute Gasteiger partial charge is 0.309 e. The molecule has 0 radical (unpaired) electrons. The molecule has 2 heterocycles. The Hall–Kier alpha value is -8.72. The van der Waals surface area contributed by atoms with E-state index in [1.54, 1.807) is 0 Å². The third-order valence-electron chi connectivity index (χ3n) is 14.6. The molecule has 2 nitrogen and oxygen atoms in total. The maximum Gasteiger partial charge on any atom is 0.0541 e. The standard InChI is InChI=1S/C64H38N2/c1-2-14-47-45(12-1)46-13-3-6-17-50(46)57-38-43(30-31-51(47)57)66-61-23-10-8-19-53(61)59-37-41(27-35-63(59)66)40-26-34-62-58(36-40)52-18-7-9-22-60(52)65(62)42-28-24-39(25-29-42)44-32-33-56-49-16-5-4-15-48(49)55-21-11-20-54(44)64(55)56/h1-38H. The van der Waals surface area contributed by atoms with Crippen LogP contribution < -0.4 is 0 Å². The Morgan fingerprint density at radius 3 is 1.21 bits per heavy atom. The topological polar surface area (TPSA) is 9.86 Å². The van der Waals surface area contributed by atoms with Crippen molar-refractivity contribution in [3.8, 4) is 55.9 Å². The van der Waals surface area contributed by atoms with Gasteiger partial charge in [-0.2, -0.15) is 0 Å². The zero-order valence-electron chi connectivity index (χ0n) is 35.8. The molecule has 15 rings (SSSR count). The summed E-state index contributed by atoms with van der Waals surface area (Å²) in [5.74, 6) is 0. The number of para-hydroxylation sites is 2. The molecule has 66 heavy (non-hydrogen) atoms. The first-order chi connectivity index (χ1) is 32.7. The number of benzene rings is 12. The van der Waals surface area contributed by atoms with Gasteiger partial charge in [0.25, 0.3) is 0 Å². The second kappa shape index (κ2) is 13.4. The zero-order valence-corrected chi connectivity index (χ0v) is 35.8. The van der Waals surface area contributed by atoms with Gasteiger partial charge >= 0.3 is 0 Å². The lowest BCUT2D eigenvalue weighted by Gasteiger charge is -2.14. The van der Waals surface area contributed by atoms with Crippen LogP contribution in [0.3, 0.4) is 0 Å². The normalized spacial score (nSPS) is 12.2. The molecular formula is C64H38N2. The number of hydrogen-bond donors (Lipinski definition) is 0. The Bertz CT molecular complexity index is 4330. The average Bonchev–Trinajstić information content (AvgIpc) is 4.02. The second-order valence-electron chi connectivity index (χ2n) is 18.0. The van der Waals surface area contributed by atoms with Crippen molar-refractivity contribution in [2.75, 3.05) is 0 Å². The highest BCUT2D eigenvalue weighted by Gasteiger charge is 2.23. The average molecular weight is 835 g/mol. The van der Waals surface area contributed by atoms with Gasteiger partial charge in [-0.15, -0.1) is 0 Å². The molecule has 14 aromatic rings. The maximum atomic E-state index is 2.45. The van der Waals surface area contributed by atoms with Gasteiger partial charge in [-0.25, -0.2) is 0 Å². The number of hydrogen-bond acceptors (Lipinski definition) is 0. The van der Waals surface area contributed by atoms with E-state index >= 15 is 0 Å². The lowest BCUT2D eigenvalue weighted by molar-refractivity contribution is 1.18. The Labute approximate surface area is 380 Å². The molecule has 2 aromatic heterocycles. The number of aromatic nitrogens is 2. The van der Waals surface area contributed by atoms with Gasteiger partial charge in [-0.1, -0.05) is 170 Å². The molecule has 0 atom stereocenters. The van der Waals surface area contributed by atoms with Gasteiger partial charge in [-0.05, 0) is 148 Å². The first-order valence-corrected chi connectivity index (χ1v) is 22.9. The van der Waals surface area contributed by atoms with E-state index in [1.807, 2.05) is 0 Å². The summed E-state index contributed by atoms with van der Waals surface area (Å²) in [7, 11) is 0. The fraction of sp³-hybridized carbons (Fsp3) is 0. The smallest absolute Gasteiger partial charge is 0.0541 e. The Morgan fingerprint density at radius 2 is 0.606 bits per heavy atom. The minimum Gasteiger partial charge on any atom is -0.309 e. The minimum absolute atomic E-state index is 1.15. The van der Waals surface area contributed by atoms with E-state index in [2.05, 4.69) is 240 Å². The highest BCUT2D eigenvalue weighted by molar-refractivity contribution is 6.26. The number of fused-ring (bicyclic) bond motifs is 15. The van der Waals surface area contributed by atoms with Crippen LogP contribution in [0.4, 0.5) is 0 Å². The van der Waals surface area contributed by atoms with Gasteiger partial charge in [0.2, 0.25) is 0 Å². The molecular weight excluding hydrogens is 797 g/mol. The van der Waals surface area contributed by atoms with Gasteiger partial charge in [0, 0.05) is 32.9 Å². The molecule has 0 fully saturated rings. The predicted octanol–water partition coefficient (Wildman–Crippen LogP) is 17.5. The predicted molar refractivity (Wildman–Crippen MR) is 280 cm³/mol. The first kappa shape index (κ1) is 35.7. The Kier molecular flexibility index (Phi) is 7.25. The molecule has 12 aromatic carbocycles. The van der Waals surface area contributed by atoms with Crippen LogP contribution in [0.1, 0.15) is 0 Å². The van der Waals surface area contributed by atoms with Crippen molar-refractivity contribution >= 4 is 86.7 Å². The van der Waals surface area contributed by atoms with E-state index in [1.165, 1.54) is 137 Å². The van der Waals surface area contributed by atoms with Gasteiger partial charge in [-0.3, -0.25) is 0 Å². The second-order valence-corrected chi connectivity index (χ2v) is 18.0. The monoisotopic (exact) mass is 834 g/mol. The number of nitrogens with zero attached hydrogens (tertiary/aromatic N) is 2. The maximum absolute atomic E-state index is 2.45. The summed E-state index contributed by atoms with van der Waals surface area (Å²) in [6.45, 7) is 0. The molecule has 1 aliphatic carbocycles. The first-order valence-electron chi connectivity index (χ1n) is 22.9. The lowest BCUT2D eigenvalue weighted by atomic mass is 9.94. The molecule has 0 N–H and O–H groups in total. The minimum atomic E-state index is 1.15. The summed E-state index contributed by atoms with van der Waals surface area (Å²) in [5.41, 5.74) is 17.3. The molecule has 2 heteroatoms. The van der Waals surface area contributed by atoms with Crippen LogP contribution >= 0.6 is 0 Å². The summed E-state index contributed by atoms with van der Waals surface area (Å²) >= 11 is 0. The molecule has 0 amide bonds. The summed E-state index contributed by atoms with van der Waals surface area (Å²) < 4.78 is 4.87. The van der Waals surface area contributed by atoms with E-state index < -0.39 is 0 Å². The van der Waals surface area contributed by atoms with E-state index in [0.29, 0.717) is 0 Å². The van der Waals surface area contributed by atoms with Gasteiger partial charge in [0.1, 0.15) is 0 Å². The van der Waals surface area contributed by atoms with E-state index in [9.17, 15) is 0 Å². The fourth-order valence-corrected chi connectivity index (χ4v) is 11.7. The van der Waals surface area contributed by atoms with Crippen molar-refractivity contribution in [3.63, 3.8) is 0 Å². The molecule has 0 bridgehead atoms. The highest BCUT2D eigenvalue weighted by atomic mass is 15.0. The lowest BCUT2D eigenvalue weighted by Crippen LogP contribution is -1.94. The summed E-state index contributed by atoms with van der Waals surface area (Å²) in [6, 6.07) is 85.7. The molecule has 304 valence electrons. The van der Waals surface area contributed by atoms with Crippen LogP contribution in [0.2, 0.25) is 0 Å². The SMILES string of the molecule is c1ccc2c(c1)-c1cccc3c(-c4ccc(-n5c6ccccc6c6cc(-c7ccc8c(c7)c7ccccc7n8-c7ccc8c9ccccc9c9ccccc9c8c7)ccc65)cc4)ccc-2c13. The quantitative estimate of drug-likeness (QED) is 0.156. The van der Waals surface area contributed by atoms with E-state index in [4.69, 9.17) is 0 Å². The molecule has 0 aliphatic heterocycles. The van der Waals surface area contributed by atoms with Crippen molar-refractivity contribution in [2.45, 2.75) is 0 Å². The summed E-state index contributed by atoms with van der Waals surface area (Å²) in [6.07, 6.45) is 0.